The molecule has 0 unspecified atom stereocenters. The highest BCUT2D eigenvalue weighted by Gasteiger charge is 2.11. The molecule has 0 spiro atoms. The molecule has 14 heavy (non-hydrogen) atoms. The molecule has 0 aromatic heterocycles. The molecule has 0 saturated carbocycles. The number of carbonyl (C=O) groups is 1. The Kier molecular flexibility index (Phi) is 4.10. The molecule has 0 amide bonds. The zero-order valence-electron chi connectivity index (χ0n) is 7.87. The Morgan fingerprint density at radius 3 is 2.93 bits per heavy atom. The van der Waals surface area contributed by atoms with Gasteiger partial charge >= 0.3 is 5.97 Å². The summed E-state index contributed by atoms with van der Waals surface area (Å²) < 4.78 is 5.50. The third kappa shape index (κ3) is 3.12. The molecule has 1 aromatic carbocycles. The zero-order chi connectivity index (χ0) is 10.6. The number of rotatable bonds is 3. The van der Waals surface area contributed by atoms with Crippen LogP contribution in [0.25, 0.3) is 0 Å². The lowest BCUT2D eigenvalue weighted by molar-refractivity contribution is -0.141. The maximum absolute atomic E-state index is 11.0. The average Bonchev–Trinajstić information content (AvgIpc) is 2.17. The van der Waals surface area contributed by atoms with E-state index in [-0.39, 0.29) is 18.4 Å². The smallest absolute Gasteiger partial charge is 0.307 e. The second kappa shape index (κ2) is 5.12. The van der Waals surface area contributed by atoms with Crippen molar-refractivity contribution in [1.29, 1.82) is 0 Å². The standard InChI is InChI=1S/C10H12BrNO2/c1-14-10(13)6-9(12)7-3-2-4-8(11)5-7/h2-5,9H,6,12H2,1H3/t9-/m0/s1. The summed E-state index contributed by atoms with van der Waals surface area (Å²) in [7, 11) is 1.36. The summed E-state index contributed by atoms with van der Waals surface area (Å²) in [6, 6.07) is 7.27. The van der Waals surface area contributed by atoms with E-state index >= 15 is 0 Å². The summed E-state index contributed by atoms with van der Waals surface area (Å²) in [4.78, 5) is 11.0. The molecule has 0 aliphatic carbocycles. The Bertz CT molecular complexity index is 328. The summed E-state index contributed by atoms with van der Waals surface area (Å²) in [6.07, 6.45) is 0.201. The lowest BCUT2D eigenvalue weighted by atomic mass is 10.1. The van der Waals surface area contributed by atoms with Gasteiger partial charge in [-0.3, -0.25) is 4.79 Å². The van der Waals surface area contributed by atoms with Crippen molar-refractivity contribution < 1.29 is 9.53 Å². The van der Waals surface area contributed by atoms with Gasteiger partial charge in [0.05, 0.1) is 13.5 Å². The third-order valence-corrected chi connectivity index (χ3v) is 2.38. The molecular weight excluding hydrogens is 246 g/mol. The van der Waals surface area contributed by atoms with E-state index in [2.05, 4.69) is 20.7 Å². The van der Waals surface area contributed by atoms with E-state index < -0.39 is 0 Å². The summed E-state index contributed by atoms with van der Waals surface area (Å²) in [5.74, 6) is -0.294. The monoisotopic (exact) mass is 257 g/mol. The average molecular weight is 258 g/mol. The van der Waals surface area contributed by atoms with Crippen LogP contribution < -0.4 is 5.73 Å². The number of hydrogen-bond donors (Lipinski definition) is 1. The molecule has 0 bridgehead atoms. The fourth-order valence-corrected chi connectivity index (χ4v) is 1.53. The van der Waals surface area contributed by atoms with Crippen molar-refractivity contribution in [3.05, 3.63) is 34.3 Å². The normalized spacial score (nSPS) is 12.2. The molecule has 0 aliphatic heterocycles. The minimum Gasteiger partial charge on any atom is -0.469 e. The number of hydrogen-bond acceptors (Lipinski definition) is 3. The van der Waals surface area contributed by atoms with Gasteiger partial charge in [-0.2, -0.15) is 0 Å². The molecule has 1 aromatic rings. The van der Waals surface area contributed by atoms with Crippen LogP contribution in [0.15, 0.2) is 28.7 Å². The van der Waals surface area contributed by atoms with Gasteiger partial charge in [0.2, 0.25) is 0 Å². The predicted octanol–water partition coefficient (Wildman–Crippen LogP) is 2.01. The Morgan fingerprint density at radius 2 is 2.36 bits per heavy atom. The largest absolute Gasteiger partial charge is 0.469 e. The number of benzene rings is 1. The first-order chi connectivity index (χ1) is 6.63. The topological polar surface area (TPSA) is 52.3 Å². The lowest BCUT2D eigenvalue weighted by Crippen LogP contribution is -2.16. The SMILES string of the molecule is COC(=O)C[C@H](N)c1cccc(Br)c1. The van der Waals surface area contributed by atoms with Crippen LogP contribution in [0.2, 0.25) is 0 Å². The maximum Gasteiger partial charge on any atom is 0.307 e. The first-order valence-electron chi connectivity index (χ1n) is 4.21. The van der Waals surface area contributed by atoms with Gasteiger partial charge in [0, 0.05) is 10.5 Å². The first-order valence-corrected chi connectivity index (χ1v) is 5.00. The second-order valence-corrected chi connectivity index (χ2v) is 3.86. The van der Waals surface area contributed by atoms with Gasteiger partial charge in [0.25, 0.3) is 0 Å². The molecule has 0 radical (unpaired) electrons. The number of halogens is 1. The van der Waals surface area contributed by atoms with Crippen LogP contribution in [0.5, 0.6) is 0 Å². The minimum absolute atomic E-state index is 0.201. The Balaban J connectivity index is 2.69. The molecular formula is C10H12BrNO2. The van der Waals surface area contributed by atoms with Crippen molar-refractivity contribution in [3.63, 3.8) is 0 Å². The predicted molar refractivity (Wildman–Crippen MR) is 57.7 cm³/mol. The van der Waals surface area contributed by atoms with Crippen LogP contribution in [-0.2, 0) is 9.53 Å². The van der Waals surface area contributed by atoms with E-state index in [0.29, 0.717) is 0 Å². The Morgan fingerprint density at radius 1 is 1.64 bits per heavy atom. The zero-order valence-corrected chi connectivity index (χ0v) is 9.45. The van der Waals surface area contributed by atoms with E-state index in [9.17, 15) is 4.79 Å². The van der Waals surface area contributed by atoms with Crippen molar-refractivity contribution in [2.75, 3.05) is 7.11 Å². The Labute approximate surface area is 91.4 Å². The van der Waals surface area contributed by atoms with Crippen LogP contribution >= 0.6 is 15.9 Å². The molecule has 1 atom stereocenters. The molecule has 1 rings (SSSR count). The molecule has 3 nitrogen and oxygen atoms in total. The van der Waals surface area contributed by atoms with E-state index in [4.69, 9.17) is 5.73 Å². The van der Waals surface area contributed by atoms with Crippen LogP contribution in [0.3, 0.4) is 0 Å². The second-order valence-electron chi connectivity index (χ2n) is 2.94. The van der Waals surface area contributed by atoms with Gasteiger partial charge in [0.15, 0.2) is 0 Å². The van der Waals surface area contributed by atoms with Gasteiger partial charge in [-0.1, -0.05) is 28.1 Å². The number of nitrogens with two attached hydrogens (primary N) is 1. The fraction of sp³-hybridized carbons (Fsp3) is 0.300. The van der Waals surface area contributed by atoms with Crippen LogP contribution in [-0.4, -0.2) is 13.1 Å². The van der Waals surface area contributed by atoms with Gasteiger partial charge in [-0.05, 0) is 17.7 Å². The van der Waals surface area contributed by atoms with E-state index in [1.165, 1.54) is 7.11 Å². The minimum atomic E-state index is -0.306. The van der Waals surface area contributed by atoms with Crippen molar-refractivity contribution >= 4 is 21.9 Å². The summed E-state index contributed by atoms with van der Waals surface area (Å²) in [6.45, 7) is 0. The van der Waals surface area contributed by atoms with Crippen molar-refractivity contribution in [2.45, 2.75) is 12.5 Å². The summed E-state index contributed by atoms with van der Waals surface area (Å²) in [5.41, 5.74) is 6.74. The van der Waals surface area contributed by atoms with Crippen molar-refractivity contribution in [1.82, 2.24) is 0 Å². The molecule has 4 heteroatoms. The van der Waals surface area contributed by atoms with Crippen LogP contribution in [0, 0.1) is 0 Å². The molecule has 0 saturated heterocycles. The van der Waals surface area contributed by atoms with Gasteiger partial charge < -0.3 is 10.5 Å². The molecule has 2 N–H and O–H groups in total. The van der Waals surface area contributed by atoms with Gasteiger partial charge in [0.1, 0.15) is 0 Å². The van der Waals surface area contributed by atoms with Crippen molar-refractivity contribution in [2.24, 2.45) is 5.73 Å². The first kappa shape index (κ1) is 11.2. The third-order valence-electron chi connectivity index (χ3n) is 1.89. The number of esters is 1. The molecule has 0 aliphatic rings. The fourth-order valence-electron chi connectivity index (χ4n) is 1.12. The van der Waals surface area contributed by atoms with E-state index in [1.807, 2.05) is 24.3 Å². The molecule has 76 valence electrons. The number of ether oxygens (including phenoxy) is 1. The van der Waals surface area contributed by atoms with Gasteiger partial charge in [-0.25, -0.2) is 0 Å². The highest BCUT2D eigenvalue weighted by atomic mass is 79.9. The molecule has 0 heterocycles. The highest BCUT2D eigenvalue weighted by Crippen LogP contribution is 2.18. The van der Waals surface area contributed by atoms with Crippen LogP contribution in [0.4, 0.5) is 0 Å². The van der Waals surface area contributed by atoms with Crippen LogP contribution in [0.1, 0.15) is 18.0 Å². The Hall–Kier alpha value is -0.870. The maximum atomic E-state index is 11.0. The summed E-state index contributed by atoms with van der Waals surface area (Å²) in [5, 5.41) is 0. The van der Waals surface area contributed by atoms with Crippen molar-refractivity contribution in [3.8, 4) is 0 Å². The van der Waals surface area contributed by atoms with E-state index in [0.717, 1.165) is 10.0 Å². The lowest BCUT2D eigenvalue weighted by Gasteiger charge is -2.10. The number of methoxy groups -OCH3 is 1. The number of carbonyl (C=O) groups excluding carboxylic acids is 1. The summed E-state index contributed by atoms with van der Waals surface area (Å²) >= 11 is 3.34. The highest BCUT2D eigenvalue weighted by molar-refractivity contribution is 9.10. The quantitative estimate of drug-likeness (QED) is 0.844. The molecule has 0 fully saturated rings. The van der Waals surface area contributed by atoms with E-state index in [1.54, 1.807) is 0 Å². The van der Waals surface area contributed by atoms with Gasteiger partial charge in [-0.15, -0.1) is 0 Å².